The molecule has 0 radical (unpaired) electrons. The van der Waals surface area contributed by atoms with Gasteiger partial charge < -0.3 is 4.74 Å². The first-order valence-corrected chi connectivity index (χ1v) is 9.78. The summed E-state index contributed by atoms with van der Waals surface area (Å²) < 4.78 is 5.26. The maximum atomic E-state index is 13.4. The van der Waals surface area contributed by atoms with Crippen LogP contribution in [0.2, 0.25) is 5.02 Å². The number of hydrogen-bond donors (Lipinski definition) is 0. The van der Waals surface area contributed by atoms with Crippen LogP contribution in [0.1, 0.15) is 18.0 Å². The fourth-order valence-electron chi connectivity index (χ4n) is 4.78. The minimum Gasteiger partial charge on any atom is -0.497 e. The summed E-state index contributed by atoms with van der Waals surface area (Å²) in [5.74, 6) is 0.0128. The number of halogens is 1. The number of anilines is 1. The normalized spacial score (nSPS) is 27.4. The van der Waals surface area contributed by atoms with Crippen molar-refractivity contribution in [1.29, 1.82) is 0 Å². The van der Waals surface area contributed by atoms with Crippen molar-refractivity contribution < 1.29 is 14.3 Å². The lowest BCUT2D eigenvalue weighted by molar-refractivity contribution is -0.126. The Balaban J connectivity index is 1.56. The van der Waals surface area contributed by atoms with Gasteiger partial charge in [-0.3, -0.25) is 9.59 Å². The van der Waals surface area contributed by atoms with Crippen LogP contribution >= 0.6 is 11.6 Å². The highest BCUT2D eigenvalue weighted by atomic mass is 35.5. The monoisotopic (exact) mass is 397 g/mol. The SMILES string of the molecule is COc1ccc([C@H]2[C@H]3C(=O)N(c4cccc(Cl)c4)C(=O)[C@H]3N3CCCN23)cc1. The number of hydrogen-bond acceptors (Lipinski definition) is 5. The average Bonchev–Trinajstić information content (AvgIpc) is 3.34. The van der Waals surface area contributed by atoms with Gasteiger partial charge in [-0.2, -0.15) is 0 Å². The summed E-state index contributed by atoms with van der Waals surface area (Å²) in [6, 6.07) is 14.1. The van der Waals surface area contributed by atoms with Crippen molar-refractivity contribution in [3.05, 3.63) is 59.1 Å². The van der Waals surface area contributed by atoms with Crippen molar-refractivity contribution in [2.24, 2.45) is 5.92 Å². The largest absolute Gasteiger partial charge is 0.497 e. The van der Waals surface area contributed by atoms with E-state index < -0.39 is 12.0 Å². The van der Waals surface area contributed by atoms with Crippen LogP contribution in [0.3, 0.4) is 0 Å². The van der Waals surface area contributed by atoms with Crippen LogP contribution in [0.5, 0.6) is 5.75 Å². The Kier molecular flexibility index (Phi) is 4.16. The third-order valence-electron chi connectivity index (χ3n) is 5.93. The second-order valence-corrected chi connectivity index (χ2v) is 7.80. The lowest BCUT2D eigenvalue weighted by Gasteiger charge is -2.29. The van der Waals surface area contributed by atoms with Crippen molar-refractivity contribution in [1.82, 2.24) is 10.0 Å². The molecule has 0 aliphatic carbocycles. The molecule has 6 nitrogen and oxygen atoms in total. The highest BCUT2D eigenvalue weighted by Crippen LogP contribution is 2.49. The standard InChI is InChI=1S/C21H20ClN3O3/c1-28-16-8-6-13(7-9-16)18-17-19(24-11-3-10-23(18)24)21(27)25(20(17)26)15-5-2-4-14(22)12-15/h2,4-9,12,17-19H,3,10-11H2,1H3/t17-,18+,19+/m1/s1. The van der Waals surface area contributed by atoms with Crippen LogP contribution in [-0.2, 0) is 9.59 Å². The van der Waals surface area contributed by atoms with Crippen LogP contribution < -0.4 is 9.64 Å². The number of ether oxygens (including phenoxy) is 1. The van der Waals surface area contributed by atoms with E-state index in [0.29, 0.717) is 10.7 Å². The molecular weight excluding hydrogens is 378 g/mol. The van der Waals surface area contributed by atoms with Crippen LogP contribution in [0.15, 0.2) is 48.5 Å². The molecule has 7 heteroatoms. The Morgan fingerprint density at radius 2 is 1.68 bits per heavy atom. The van der Waals surface area contributed by atoms with Crippen LogP contribution in [-0.4, -0.2) is 48.1 Å². The Hall–Kier alpha value is -2.41. The van der Waals surface area contributed by atoms with E-state index in [1.807, 2.05) is 24.3 Å². The number of imide groups is 1. The lowest BCUT2D eigenvalue weighted by Crippen LogP contribution is -2.44. The first kappa shape index (κ1) is 17.7. The van der Waals surface area contributed by atoms with Crippen molar-refractivity contribution in [2.45, 2.75) is 18.5 Å². The van der Waals surface area contributed by atoms with Gasteiger partial charge in [0.15, 0.2) is 0 Å². The molecule has 3 aliphatic rings. The molecule has 2 aromatic carbocycles. The van der Waals surface area contributed by atoms with Crippen LogP contribution in [0, 0.1) is 5.92 Å². The van der Waals surface area contributed by atoms with E-state index in [4.69, 9.17) is 16.3 Å². The minimum absolute atomic E-state index is 0.154. The molecule has 144 valence electrons. The molecule has 2 amide bonds. The van der Waals surface area contributed by atoms with Gasteiger partial charge in [0.1, 0.15) is 11.8 Å². The van der Waals surface area contributed by atoms with Crippen molar-refractivity contribution in [3.63, 3.8) is 0 Å². The lowest BCUT2D eigenvalue weighted by atomic mass is 9.90. The second kappa shape index (κ2) is 6.58. The van der Waals surface area contributed by atoms with Gasteiger partial charge in [-0.25, -0.2) is 14.9 Å². The minimum atomic E-state index is -0.457. The van der Waals surface area contributed by atoms with Gasteiger partial charge in [-0.15, -0.1) is 0 Å². The van der Waals surface area contributed by atoms with Gasteiger partial charge in [0.25, 0.3) is 5.91 Å². The van der Waals surface area contributed by atoms with Gasteiger partial charge in [0, 0.05) is 18.1 Å². The molecule has 3 fully saturated rings. The third kappa shape index (κ3) is 2.49. The number of carbonyl (C=O) groups is 2. The van der Waals surface area contributed by atoms with Gasteiger partial charge in [0.2, 0.25) is 5.91 Å². The molecule has 0 saturated carbocycles. The zero-order valence-electron chi connectivity index (χ0n) is 15.4. The Labute approximate surface area is 168 Å². The molecule has 0 unspecified atom stereocenters. The Bertz CT molecular complexity index is 948. The summed E-state index contributed by atoms with van der Waals surface area (Å²) in [6.45, 7) is 1.64. The zero-order chi connectivity index (χ0) is 19.4. The molecule has 2 aromatic rings. The molecular formula is C21H20ClN3O3. The summed E-state index contributed by atoms with van der Waals surface area (Å²) in [7, 11) is 1.63. The number of rotatable bonds is 3. The van der Waals surface area contributed by atoms with Crippen LogP contribution in [0.25, 0.3) is 0 Å². The Morgan fingerprint density at radius 3 is 2.36 bits per heavy atom. The predicted octanol–water partition coefficient (Wildman–Crippen LogP) is 2.88. The van der Waals surface area contributed by atoms with E-state index in [1.165, 1.54) is 4.90 Å². The Morgan fingerprint density at radius 1 is 0.964 bits per heavy atom. The molecule has 28 heavy (non-hydrogen) atoms. The molecule has 3 saturated heterocycles. The molecule has 0 bridgehead atoms. The quantitative estimate of drug-likeness (QED) is 0.745. The number of methoxy groups -OCH3 is 1. The van der Waals surface area contributed by atoms with Crippen molar-refractivity contribution in [3.8, 4) is 5.75 Å². The van der Waals surface area contributed by atoms with Crippen LogP contribution in [0.4, 0.5) is 5.69 Å². The first-order valence-electron chi connectivity index (χ1n) is 9.40. The highest BCUT2D eigenvalue weighted by molar-refractivity contribution is 6.31. The summed E-state index contributed by atoms with van der Waals surface area (Å²) in [6.07, 6.45) is 0.981. The van der Waals surface area contributed by atoms with E-state index >= 15 is 0 Å². The average molecular weight is 398 g/mol. The van der Waals surface area contributed by atoms with Gasteiger partial charge in [-0.05, 0) is 42.3 Å². The van der Waals surface area contributed by atoms with Gasteiger partial charge >= 0.3 is 0 Å². The summed E-state index contributed by atoms with van der Waals surface area (Å²) in [5, 5.41) is 4.79. The number of fused-ring (bicyclic) bond motifs is 3. The second-order valence-electron chi connectivity index (χ2n) is 7.36. The number of amides is 2. The van der Waals surface area contributed by atoms with E-state index in [9.17, 15) is 9.59 Å². The van der Waals surface area contributed by atoms with Gasteiger partial charge in [0.05, 0.1) is 24.8 Å². The zero-order valence-corrected chi connectivity index (χ0v) is 16.2. The molecule has 0 N–H and O–H groups in total. The molecule has 3 atom stereocenters. The number of hydrazine groups is 1. The molecule has 3 heterocycles. The summed E-state index contributed by atoms with van der Waals surface area (Å²) in [4.78, 5) is 28.0. The maximum absolute atomic E-state index is 13.4. The van der Waals surface area contributed by atoms with E-state index in [2.05, 4.69) is 10.0 Å². The van der Waals surface area contributed by atoms with E-state index in [-0.39, 0.29) is 17.9 Å². The van der Waals surface area contributed by atoms with Gasteiger partial charge in [-0.1, -0.05) is 29.8 Å². The number of carbonyl (C=O) groups excluding carboxylic acids is 2. The fourth-order valence-corrected chi connectivity index (χ4v) is 4.97. The highest BCUT2D eigenvalue weighted by Gasteiger charge is 2.62. The molecule has 3 aliphatic heterocycles. The fraction of sp³-hybridized carbons (Fsp3) is 0.333. The summed E-state index contributed by atoms with van der Waals surface area (Å²) >= 11 is 6.10. The number of nitrogens with zero attached hydrogens (tertiary/aromatic N) is 3. The molecule has 0 spiro atoms. The molecule has 0 aromatic heterocycles. The van der Waals surface area contributed by atoms with Crippen molar-refractivity contribution in [2.75, 3.05) is 25.1 Å². The first-order chi connectivity index (χ1) is 13.6. The van der Waals surface area contributed by atoms with E-state index in [1.54, 1.807) is 31.4 Å². The topological polar surface area (TPSA) is 53.1 Å². The predicted molar refractivity (Wildman–Crippen MR) is 105 cm³/mol. The van der Waals surface area contributed by atoms with E-state index in [0.717, 1.165) is 30.8 Å². The maximum Gasteiger partial charge on any atom is 0.253 e. The van der Waals surface area contributed by atoms with Crippen molar-refractivity contribution >= 4 is 29.1 Å². The smallest absolute Gasteiger partial charge is 0.253 e. The summed E-state index contributed by atoms with van der Waals surface area (Å²) in [5.41, 5.74) is 1.56. The molecule has 5 rings (SSSR count). The third-order valence-corrected chi connectivity index (χ3v) is 6.16. The number of benzene rings is 2.